The number of ether oxygens (including phenoxy) is 2. The Kier molecular flexibility index (Phi) is 4.52. The van der Waals surface area contributed by atoms with Gasteiger partial charge in [-0.1, -0.05) is 24.3 Å². The van der Waals surface area contributed by atoms with Gasteiger partial charge in [0.05, 0.1) is 13.2 Å². The van der Waals surface area contributed by atoms with Crippen LogP contribution in [0.5, 0.6) is 0 Å². The SMILES string of the molecule is Cc1cc(-c2ccc(C3OCC(S)CO3)cc2C)ccc1F. The predicted octanol–water partition coefficient (Wildman–Crippen LogP) is 4.45. The quantitative estimate of drug-likeness (QED) is 0.825. The Morgan fingerprint density at radius 2 is 1.73 bits per heavy atom. The summed E-state index contributed by atoms with van der Waals surface area (Å²) >= 11 is 4.34. The highest BCUT2D eigenvalue weighted by Crippen LogP contribution is 2.30. The fraction of sp³-hybridized carbons (Fsp3) is 0.333. The van der Waals surface area contributed by atoms with Crippen LogP contribution in [-0.4, -0.2) is 18.5 Å². The summed E-state index contributed by atoms with van der Waals surface area (Å²) in [5, 5.41) is 0.138. The van der Waals surface area contributed by atoms with Gasteiger partial charge in [-0.2, -0.15) is 12.6 Å². The van der Waals surface area contributed by atoms with E-state index in [0.717, 1.165) is 22.3 Å². The van der Waals surface area contributed by atoms with Gasteiger partial charge in [-0.05, 0) is 48.2 Å². The minimum absolute atomic E-state index is 0.138. The van der Waals surface area contributed by atoms with E-state index in [4.69, 9.17) is 9.47 Å². The average molecular weight is 318 g/mol. The van der Waals surface area contributed by atoms with Gasteiger partial charge in [-0.15, -0.1) is 0 Å². The van der Waals surface area contributed by atoms with E-state index in [1.54, 1.807) is 6.92 Å². The molecule has 0 N–H and O–H groups in total. The molecule has 1 aliphatic rings. The lowest BCUT2D eigenvalue weighted by Crippen LogP contribution is -2.27. The zero-order valence-electron chi connectivity index (χ0n) is 12.7. The average Bonchev–Trinajstić information content (AvgIpc) is 2.51. The molecule has 0 saturated carbocycles. The number of hydrogen-bond acceptors (Lipinski definition) is 3. The number of rotatable bonds is 2. The molecule has 1 aliphatic heterocycles. The van der Waals surface area contributed by atoms with Crippen molar-refractivity contribution in [2.24, 2.45) is 0 Å². The second kappa shape index (κ2) is 6.41. The molecule has 2 aromatic rings. The molecule has 22 heavy (non-hydrogen) atoms. The van der Waals surface area contributed by atoms with Crippen molar-refractivity contribution in [1.82, 2.24) is 0 Å². The van der Waals surface area contributed by atoms with E-state index in [9.17, 15) is 4.39 Å². The summed E-state index contributed by atoms with van der Waals surface area (Å²) in [5.41, 5.74) is 4.88. The van der Waals surface area contributed by atoms with E-state index in [2.05, 4.69) is 18.7 Å². The van der Waals surface area contributed by atoms with Crippen molar-refractivity contribution in [1.29, 1.82) is 0 Å². The summed E-state index contributed by atoms with van der Waals surface area (Å²) in [6.07, 6.45) is -0.328. The molecule has 1 saturated heterocycles. The third kappa shape index (κ3) is 3.19. The second-order valence-corrected chi connectivity index (χ2v) is 6.42. The van der Waals surface area contributed by atoms with E-state index in [-0.39, 0.29) is 17.4 Å². The number of hydrogen-bond donors (Lipinski definition) is 1. The molecule has 4 heteroatoms. The molecule has 0 unspecified atom stereocenters. The fourth-order valence-corrected chi connectivity index (χ4v) is 2.83. The standard InChI is InChI=1S/C18H19FO2S/c1-11-7-14(18-20-9-15(22)10-21-18)3-5-16(11)13-4-6-17(19)12(2)8-13/h3-8,15,18,22H,9-10H2,1-2H3. The van der Waals surface area contributed by atoms with Crippen molar-refractivity contribution in [2.45, 2.75) is 25.4 Å². The molecule has 116 valence electrons. The first-order chi connectivity index (χ1) is 10.5. The summed E-state index contributed by atoms with van der Waals surface area (Å²) in [6.45, 7) is 5.00. The molecular formula is C18H19FO2S. The molecule has 0 radical (unpaired) electrons. The van der Waals surface area contributed by atoms with Crippen molar-refractivity contribution in [2.75, 3.05) is 13.2 Å². The van der Waals surface area contributed by atoms with Crippen molar-refractivity contribution in [3.63, 3.8) is 0 Å². The van der Waals surface area contributed by atoms with E-state index >= 15 is 0 Å². The minimum Gasteiger partial charge on any atom is -0.347 e. The van der Waals surface area contributed by atoms with Crippen molar-refractivity contribution in [3.05, 3.63) is 58.9 Å². The summed E-state index contributed by atoms with van der Waals surface area (Å²) in [7, 11) is 0. The molecule has 1 heterocycles. The maximum absolute atomic E-state index is 13.4. The smallest absolute Gasteiger partial charge is 0.183 e. The maximum atomic E-state index is 13.4. The highest BCUT2D eigenvalue weighted by atomic mass is 32.1. The van der Waals surface area contributed by atoms with Crippen LogP contribution in [0.3, 0.4) is 0 Å². The van der Waals surface area contributed by atoms with E-state index in [0.29, 0.717) is 18.8 Å². The zero-order chi connectivity index (χ0) is 15.7. The van der Waals surface area contributed by atoms with Crippen LogP contribution in [0.25, 0.3) is 11.1 Å². The lowest BCUT2D eigenvalue weighted by Gasteiger charge is -2.27. The molecule has 0 aliphatic carbocycles. The van der Waals surface area contributed by atoms with Gasteiger partial charge in [0, 0.05) is 10.8 Å². The Hall–Kier alpha value is -1.36. The van der Waals surface area contributed by atoms with E-state index in [1.165, 1.54) is 6.07 Å². The lowest BCUT2D eigenvalue weighted by molar-refractivity contribution is -0.179. The number of benzene rings is 2. The van der Waals surface area contributed by atoms with Crippen LogP contribution >= 0.6 is 12.6 Å². The van der Waals surface area contributed by atoms with Crippen LogP contribution in [0.15, 0.2) is 36.4 Å². The van der Waals surface area contributed by atoms with Gasteiger partial charge in [0.1, 0.15) is 5.82 Å². The lowest BCUT2D eigenvalue weighted by atomic mass is 9.97. The Morgan fingerprint density at radius 1 is 1.00 bits per heavy atom. The van der Waals surface area contributed by atoms with Gasteiger partial charge in [-0.3, -0.25) is 0 Å². The van der Waals surface area contributed by atoms with Gasteiger partial charge < -0.3 is 9.47 Å². The van der Waals surface area contributed by atoms with Gasteiger partial charge >= 0.3 is 0 Å². The number of aryl methyl sites for hydroxylation is 2. The van der Waals surface area contributed by atoms with Crippen LogP contribution in [0.2, 0.25) is 0 Å². The van der Waals surface area contributed by atoms with Gasteiger partial charge in [-0.25, -0.2) is 4.39 Å². The van der Waals surface area contributed by atoms with Gasteiger partial charge in [0.25, 0.3) is 0 Å². The van der Waals surface area contributed by atoms with E-state index < -0.39 is 0 Å². The topological polar surface area (TPSA) is 18.5 Å². The Balaban J connectivity index is 1.87. The van der Waals surface area contributed by atoms with Crippen LogP contribution in [0, 0.1) is 19.7 Å². The summed E-state index contributed by atoms with van der Waals surface area (Å²) in [4.78, 5) is 0. The molecule has 0 bridgehead atoms. The molecule has 2 aromatic carbocycles. The summed E-state index contributed by atoms with van der Waals surface area (Å²) < 4.78 is 24.7. The molecule has 0 amide bonds. The monoisotopic (exact) mass is 318 g/mol. The predicted molar refractivity (Wildman–Crippen MR) is 88.7 cm³/mol. The fourth-order valence-electron chi connectivity index (χ4n) is 2.66. The summed E-state index contributed by atoms with van der Waals surface area (Å²) in [6, 6.07) is 11.3. The van der Waals surface area contributed by atoms with Crippen molar-refractivity contribution >= 4 is 12.6 Å². The van der Waals surface area contributed by atoms with Crippen LogP contribution in [0.1, 0.15) is 23.0 Å². The molecule has 0 aromatic heterocycles. The third-order valence-corrected chi connectivity index (χ3v) is 4.17. The maximum Gasteiger partial charge on any atom is 0.183 e. The minimum atomic E-state index is -0.328. The zero-order valence-corrected chi connectivity index (χ0v) is 13.6. The Bertz CT molecular complexity index is 679. The first kappa shape index (κ1) is 15.5. The number of thiol groups is 1. The molecule has 1 fully saturated rings. The van der Waals surface area contributed by atoms with Crippen molar-refractivity contribution < 1.29 is 13.9 Å². The van der Waals surface area contributed by atoms with E-state index in [1.807, 2.05) is 31.2 Å². The largest absolute Gasteiger partial charge is 0.347 e. The molecule has 0 atom stereocenters. The second-order valence-electron chi connectivity index (χ2n) is 5.69. The first-order valence-electron chi connectivity index (χ1n) is 7.33. The Labute approximate surface area is 135 Å². The van der Waals surface area contributed by atoms with Crippen molar-refractivity contribution in [3.8, 4) is 11.1 Å². The molecule has 2 nitrogen and oxygen atoms in total. The van der Waals surface area contributed by atoms with Crippen LogP contribution in [-0.2, 0) is 9.47 Å². The van der Waals surface area contributed by atoms with Crippen LogP contribution in [0.4, 0.5) is 4.39 Å². The first-order valence-corrected chi connectivity index (χ1v) is 7.84. The normalized spacial score (nSPS) is 21.8. The van der Waals surface area contributed by atoms with Gasteiger partial charge in [0.15, 0.2) is 6.29 Å². The Morgan fingerprint density at radius 3 is 2.36 bits per heavy atom. The van der Waals surface area contributed by atoms with Gasteiger partial charge in [0.2, 0.25) is 0 Å². The molecular weight excluding hydrogens is 299 g/mol. The van der Waals surface area contributed by atoms with Crippen LogP contribution < -0.4 is 0 Å². The highest BCUT2D eigenvalue weighted by Gasteiger charge is 2.21. The summed E-state index contributed by atoms with van der Waals surface area (Å²) in [5.74, 6) is -0.177. The molecule has 3 rings (SSSR count). The highest BCUT2D eigenvalue weighted by molar-refractivity contribution is 7.81. The number of halogens is 1. The molecule has 0 spiro atoms. The third-order valence-electron chi connectivity index (χ3n) is 3.87.